The molecule has 0 N–H and O–H groups in total. The molecule has 0 spiro atoms. The van der Waals surface area contributed by atoms with Crippen LogP contribution in [0.3, 0.4) is 0 Å². The van der Waals surface area contributed by atoms with E-state index in [4.69, 9.17) is 27.9 Å². The number of hydrogen-bond acceptors (Lipinski definition) is 3. The topological polar surface area (TPSA) is 26.3 Å². The molecular weight excluding hydrogens is 291 g/mol. The van der Waals surface area contributed by atoms with Crippen LogP contribution in [0, 0.1) is 0 Å². The highest BCUT2D eigenvalue weighted by Crippen LogP contribution is 2.21. The SMILES string of the molecule is O=C(COCc1cccs1)c1cc(Cl)ccc1Cl. The van der Waals surface area contributed by atoms with Gasteiger partial charge in [-0.05, 0) is 29.6 Å². The summed E-state index contributed by atoms with van der Waals surface area (Å²) in [5.41, 5.74) is 0.398. The van der Waals surface area contributed by atoms with E-state index in [1.807, 2.05) is 17.5 Å². The molecule has 0 saturated heterocycles. The maximum atomic E-state index is 11.9. The van der Waals surface area contributed by atoms with E-state index in [2.05, 4.69) is 0 Å². The van der Waals surface area contributed by atoms with Crippen molar-refractivity contribution in [3.63, 3.8) is 0 Å². The third-order valence-electron chi connectivity index (χ3n) is 2.29. The van der Waals surface area contributed by atoms with Crippen molar-refractivity contribution < 1.29 is 9.53 Å². The minimum atomic E-state index is -0.168. The van der Waals surface area contributed by atoms with Gasteiger partial charge < -0.3 is 4.74 Å². The van der Waals surface area contributed by atoms with Crippen molar-refractivity contribution >= 4 is 40.3 Å². The number of rotatable bonds is 5. The van der Waals surface area contributed by atoms with E-state index in [-0.39, 0.29) is 12.4 Å². The summed E-state index contributed by atoms with van der Waals surface area (Å²) in [4.78, 5) is 13.0. The average Bonchev–Trinajstić information content (AvgIpc) is 2.85. The Labute approximate surface area is 119 Å². The Bertz CT molecular complexity index is 538. The molecule has 0 aliphatic rings. The van der Waals surface area contributed by atoms with Crippen LogP contribution in [0.4, 0.5) is 0 Å². The normalized spacial score (nSPS) is 10.6. The van der Waals surface area contributed by atoms with Crippen LogP contribution in [0.15, 0.2) is 35.7 Å². The van der Waals surface area contributed by atoms with Gasteiger partial charge in [-0.3, -0.25) is 4.79 Å². The first-order chi connectivity index (χ1) is 8.66. The first-order valence-electron chi connectivity index (χ1n) is 5.25. The lowest BCUT2D eigenvalue weighted by Gasteiger charge is -2.05. The van der Waals surface area contributed by atoms with Gasteiger partial charge >= 0.3 is 0 Å². The Balaban J connectivity index is 1.93. The third-order valence-corrected chi connectivity index (χ3v) is 3.70. The summed E-state index contributed by atoms with van der Waals surface area (Å²) in [6, 6.07) is 8.71. The van der Waals surface area contributed by atoms with Crippen LogP contribution in [0.1, 0.15) is 15.2 Å². The maximum absolute atomic E-state index is 11.9. The second-order valence-corrected chi connectivity index (χ2v) is 5.50. The van der Waals surface area contributed by atoms with E-state index in [1.54, 1.807) is 29.5 Å². The predicted molar refractivity (Wildman–Crippen MR) is 74.8 cm³/mol. The molecule has 94 valence electrons. The zero-order valence-electron chi connectivity index (χ0n) is 9.36. The van der Waals surface area contributed by atoms with E-state index in [9.17, 15) is 4.79 Å². The van der Waals surface area contributed by atoms with E-state index in [1.165, 1.54) is 0 Å². The van der Waals surface area contributed by atoms with E-state index in [0.717, 1.165) is 4.88 Å². The van der Waals surface area contributed by atoms with Crippen LogP contribution in [0.5, 0.6) is 0 Å². The van der Waals surface area contributed by atoms with Gasteiger partial charge in [0.15, 0.2) is 5.78 Å². The number of Topliss-reactive ketones (excluding diaryl/α,β-unsaturated/α-hetero) is 1. The highest BCUT2D eigenvalue weighted by Gasteiger charge is 2.11. The highest BCUT2D eigenvalue weighted by atomic mass is 35.5. The lowest BCUT2D eigenvalue weighted by Crippen LogP contribution is -2.09. The number of carbonyl (C=O) groups excluding carboxylic acids is 1. The fraction of sp³-hybridized carbons (Fsp3) is 0.154. The summed E-state index contributed by atoms with van der Waals surface area (Å²) >= 11 is 13.4. The molecule has 0 unspecified atom stereocenters. The molecule has 0 radical (unpaired) electrons. The Hall–Kier alpha value is -0.870. The van der Waals surface area contributed by atoms with E-state index in [0.29, 0.717) is 22.2 Å². The number of ketones is 1. The van der Waals surface area contributed by atoms with E-state index < -0.39 is 0 Å². The Morgan fingerprint density at radius 3 is 2.83 bits per heavy atom. The molecular formula is C13H10Cl2O2S. The number of carbonyl (C=O) groups is 1. The van der Waals surface area contributed by atoms with Crippen molar-refractivity contribution in [3.8, 4) is 0 Å². The Morgan fingerprint density at radius 1 is 1.28 bits per heavy atom. The molecule has 2 aromatic rings. The molecule has 1 aromatic heterocycles. The number of hydrogen-bond donors (Lipinski definition) is 0. The molecule has 5 heteroatoms. The number of ether oxygens (including phenoxy) is 1. The smallest absolute Gasteiger partial charge is 0.190 e. The van der Waals surface area contributed by atoms with Crippen molar-refractivity contribution in [2.45, 2.75) is 6.61 Å². The molecule has 0 saturated carbocycles. The predicted octanol–water partition coefficient (Wildman–Crippen LogP) is 4.45. The maximum Gasteiger partial charge on any atom is 0.190 e. The van der Waals surface area contributed by atoms with Crippen LogP contribution in [-0.2, 0) is 11.3 Å². The molecule has 2 nitrogen and oxygen atoms in total. The van der Waals surface area contributed by atoms with Gasteiger partial charge in [0.25, 0.3) is 0 Å². The third kappa shape index (κ3) is 3.56. The zero-order valence-corrected chi connectivity index (χ0v) is 11.7. The summed E-state index contributed by atoms with van der Waals surface area (Å²) in [6.45, 7) is 0.430. The first kappa shape index (κ1) is 13.6. The average molecular weight is 301 g/mol. The van der Waals surface area contributed by atoms with Gasteiger partial charge in [-0.25, -0.2) is 0 Å². The minimum Gasteiger partial charge on any atom is -0.368 e. The lowest BCUT2D eigenvalue weighted by atomic mass is 10.1. The summed E-state index contributed by atoms with van der Waals surface area (Å²) in [7, 11) is 0. The van der Waals surface area contributed by atoms with Crippen molar-refractivity contribution in [1.29, 1.82) is 0 Å². The summed E-state index contributed by atoms with van der Waals surface area (Å²) < 4.78 is 5.35. The van der Waals surface area contributed by atoms with Gasteiger partial charge in [0, 0.05) is 15.5 Å². The van der Waals surface area contributed by atoms with Crippen LogP contribution < -0.4 is 0 Å². The molecule has 1 aromatic carbocycles. The standard InChI is InChI=1S/C13H10Cl2O2S/c14-9-3-4-12(15)11(6-9)13(16)8-17-7-10-2-1-5-18-10/h1-6H,7-8H2. The Kier molecular flexibility index (Phi) is 4.78. The van der Waals surface area contributed by atoms with Crippen LogP contribution in [0.2, 0.25) is 10.0 Å². The fourth-order valence-electron chi connectivity index (χ4n) is 1.43. The molecule has 0 bridgehead atoms. The van der Waals surface area contributed by atoms with E-state index >= 15 is 0 Å². The molecule has 0 fully saturated rings. The van der Waals surface area contributed by atoms with Gasteiger partial charge in [0.2, 0.25) is 0 Å². The number of halogens is 2. The quantitative estimate of drug-likeness (QED) is 0.762. The Morgan fingerprint density at radius 2 is 2.11 bits per heavy atom. The fourth-order valence-corrected chi connectivity index (χ4v) is 2.46. The summed E-state index contributed by atoms with van der Waals surface area (Å²) in [5.74, 6) is -0.168. The number of benzene rings is 1. The minimum absolute atomic E-state index is 0.00202. The van der Waals surface area contributed by atoms with Gasteiger partial charge in [-0.15, -0.1) is 11.3 Å². The molecule has 0 atom stereocenters. The van der Waals surface area contributed by atoms with Crippen molar-refractivity contribution in [3.05, 3.63) is 56.2 Å². The zero-order chi connectivity index (χ0) is 13.0. The van der Waals surface area contributed by atoms with Crippen LogP contribution in [-0.4, -0.2) is 12.4 Å². The van der Waals surface area contributed by atoms with Gasteiger partial charge in [0.05, 0.1) is 11.6 Å². The molecule has 0 aliphatic carbocycles. The monoisotopic (exact) mass is 300 g/mol. The highest BCUT2D eigenvalue weighted by molar-refractivity contribution is 7.09. The second-order valence-electron chi connectivity index (χ2n) is 3.62. The number of thiophene rings is 1. The van der Waals surface area contributed by atoms with Crippen LogP contribution >= 0.6 is 34.5 Å². The first-order valence-corrected chi connectivity index (χ1v) is 6.89. The second kappa shape index (κ2) is 6.34. The summed E-state index contributed by atoms with van der Waals surface area (Å²) in [5, 5.41) is 2.85. The molecule has 1 heterocycles. The lowest BCUT2D eigenvalue weighted by molar-refractivity contribution is 0.0731. The van der Waals surface area contributed by atoms with Crippen molar-refractivity contribution in [2.75, 3.05) is 6.61 Å². The molecule has 0 aliphatic heterocycles. The molecule has 0 amide bonds. The van der Waals surface area contributed by atoms with Crippen molar-refractivity contribution in [2.24, 2.45) is 0 Å². The molecule has 2 rings (SSSR count). The molecule has 18 heavy (non-hydrogen) atoms. The largest absolute Gasteiger partial charge is 0.368 e. The summed E-state index contributed by atoms with van der Waals surface area (Å²) in [6.07, 6.45) is 0. The van der Waals surface area contributed by atoms with Gasteiger partial charge in [-0.2, -0.15) is 0 Å². The van der Waals surface area contributed by atoms with Crippen LogP contribution in [0.25, 0.3) is 0 Å². The van der Waals surface area contributed by atoms with Crippen molar-refractivity contribution in [1.82, 2.24) is 0 Å². The van der Waals surface area contributed by atoms with Gasteiger partial charge in [0.1, 0.15) is 6.61 Å². The van der Waals surface area contributed by atoms with Gasteiger partial charge in [-0.1, -0.05) is 29.3 Å².